The molecule has 16 heteroatoms. The number of nitrogens with one attached hydrogen (secondary N) is 3. The number of aryl methyl sites for hydroxylation is 8. The van der Waals surface area contributed by atoms with E-state index in [0.717, 1.165) is 44.5 Å². The zero-order chi connectivity index (χ0) is 50.4. The first-order valence-corrected chi connectivity index (χ1v) is 29.8. The van der Waals surface area contributed by atoms with Gasteiger partial charge in [-0.05, 0) is 152 Å². The molecule has 0 radical (unpaired) electrons. The average molecular weight is 1040 g/mol. The molecule has 0 unspecified atom stereocenters. The van der Waals surface area contributed by atoms with Crippen LogP contribution in [0, 0.1) is 55.4 Å². The van der Waals surface area contributed by atoms with Gasteiger partial charge in [-0.25, -0.2) is 0 Å². The standard InChI is InChI=1S/C56H59N4O8P4/c1-41-9-25-49(26-10-41)61-69(62-50-27-11-42(2)12-28-50)57-70(63-51-29-13-43(3)14-30-51,64-52-31-15-44(4)16-32-52)59-72(67-55-37-21-47(7)22-38-55,68-56-39-23-48(8)24-40-56)60-71(58-69,65-53-33-17-45(5)18-34-53)66-54-35-19-46(6)20-36-54/h9-40,57-59H,1-8H3/q+3. The Kier molecular flexibility index (Phi) is 15.2. The molecule has 0 aliphatic carbocycles. The van der Waals surface area contributed by atoms with E-state index in [-0.39, 0.29) is 0 Å². The molecule has 0 saturated carbocycles. The third-order valence-corrected chi connectivity index (χ3v) is 22.9. The lowest BCUT2D eigenvalue weighted by Crippen LogP contribution is -2.45. The molecule has 0 bridgehead atoms. The molecule has 8 aromatic rings. The Morgan fingerprint density at radius 2 is 0.500 bits per heavy atom. The van der Waals surface area contributed by atoms with Gasteiger partial charge in [0, 0.05) is 4.86 Å². The first-order valence-electron chi connectivity index (χ1n) is 23.4. The van der Waals surface area contributed by atoms with Crippen molar-refractivity contribution in [2.24, 2.45) is 4.52 Å². The second-order valence-electron chi connectivity index (χ2n) is 17.8. The van der Waals surface area contributed by atoms with Crippen LogP contribution in [-0.2, 0) is 0 Å². The normalized spacial score (nSPS) is 15.3. The topological polar surface area (TPSA) is 122 Å². The van der Waals surface area contributed by atoms with Crippen molar-refractivity contribution < 1.29 is 36.2 Å². The van der Waals surface area contributed by atoms with Crippen molar-refractivity contribution in [1.82, 2.24) is 14.6 Å². The van der Waals surface area contributed by atoms with E-state index in [1.807, 2.05) is 250 Å². The number of benzene rings is 8. The maximum absolute atomic E-state index is 7.37. The lowest BCUT2D eigenvalue weighted by molar-refractivity contribution is 0.399. The summed E-state index contributed by atoms with van der Waals surface area (Å²) in [4.78, 5) is 11.4. The highest BCUT2D eigenvalue weighted by Gasteiger charge is 2.78. The fourth-order valence-electron chi connectivity index (χ4n) is 7.10. The third-order valence-electron chi connectivity index (χ3n) is 11.0. The molecule has 1 aliphatic rings. The van der Waals surface area contributed by atoms with E-state index < -0.39 is 31.7 Å². The monoisotopic (exact) mass is 1040 g/mol. The summed E-state index contributed by atoms with van der Waals surface area (Å²) in [6, 6.07) is 61.4. The quantitative estimate of drug-likeness (QED) is 0.0802. The van der Waals surface area contributed by atoms with E-state index in [9.17, 15) is 0 Å². The van der Waals surface area contributed by atoms with Crippen molar-refractivity contribution >= 4 is 31.7 Å². The molecule has 0 amide bonds. The molecule has 0 fully saturated rings. The molecule has 0 saturated heterocycles. The molecule has 12 nitrogen and oxygen atoms in total. The molecular formula is C56H59N4O8P4+3. The van der Waals surface area contributed by atoms with E-state index in [1.165, 1.54) is 0 Å². The maximum atomic E-state index is 7.37. The average Bonchev–Trinajstić information content (AvgIpc) is 3.34. The first kappa shape index (κ1) is 50.5. The van der Waals surface area contributed by atoms with Crippen molar-refractivity contribution in [3.63, 3.8) is 0 Å². The third kappa shape index (κ3) is 13.1. The Morgan fingerprint density at radius 3 is 0.764 bits per heavy atom. The van der Waals surface area contributed by atoms with Crippen LogP contribution in [0.2, 0.25) is 0 Å². The van der Waals surface area contributed by atoms with Gasteiger partial charge in [0.15, 0.2) is 34.5 Å². The second-order valence-corrected chi connectivity index (χ2v) is 26.6. The van der Waals surface area contributed by atoms with Crippen LogP contribution in [0.4, 0.5) is 0 Å². The van der Waals surface area contributed by atoms with Crippen molar-refractivity contribution in [3.05, 3.63) is 239 Å². The highest BCUT2D eigenvalue weighted by atomic mass is 31.3. The van der Waals surface area contributed by atoms with E-state index >= 15 is 0 Å². The van der Waals surface area contributed by atoms with E-state index in [1.54, 1.807) is 0 Å². The summed E-state index contributed by atoms with van der Waals surface area (Å²) >= 11 is 0. The zero-order valence-corrected chi connectivity index (χ0v) is 45.1. The lowest BCUT2D eigenvalue weighted by atomic mass is 10.2. The van der Waals surface area contributed by atoms with Crippen LogP contribution in [0.3, 0.4) is 0 Å². The van der Waals surface area contributed by atoms with E-state index in [2.05, 4.69) is 14.6 Å². The zero-order valence-electron chi connectivity index (χ0n) is 41.5. The molecule has 0 atom stereocenters. The van der Waals surface area contributed by atoms with Crippen LogP contribution in [0.1, 0.15) is 44.5 Å². The van der Waals surface area contributed by atoms with Gasteiger partial charge in [0.2, 0.25) is 0 Å². The maximum Gasteiger partial charge on any atom is 0.617 e. The number of rotatable bonds is 16. The van der Waals surface area contributed by atoms with Gasteiger partial charge in [0.25, 0.3) is 0 Å². The molecular weight excluding hydrogens is 981 g/mol. The van der Waals surface area contributed by atoms with Crippen molar-refractivity contribution in [3.8, 4) is 46.0 Å². The fraction of sp³-hybridized carbons (Fsp3) is 0.143. The van der Waals surface area contributed by atoms with Crippen LogP contribution >= 0.6 is 31.7 Å². The lowest BCUT2D eigenvalue weighted by Gasteiger charge is -2.34. The Morgan fingerprint density at radius 1 is 0.278 bits per heavy atom. The van der Waals surface area contributed by atoms with Crippen molar-refractivity contribution in [2.45, 2.75) is 55.4 Å². The molecule has 1 aliphatic heterocycles. The van der Waals surface area contributed by atoms with Crippen LogP contribution in [0.15, 0.2) is 199 Å². The predicted molar refractivity (Wildman–Crippen MR) is 294 cm³/mol. The van der Waals surface area contributed by atoms with Crippen LogP contribution in [0.5, 0.6) is 46.0 Å². The van der Waals surface area contributed by atoms with Crippen LogP contribution < -0.4 is 50.8 Å². The van der Waals surface area contributed by atoms with E-state index in [0.29, 0.717) is 46.0 Å². The second kappa shape index (κ2) is 21.7. The Hall–Kier alpha value is -6.44. The van der Waals surface area contributed by atoms with Crippen LogP contribution in [-0.4, -0.2) is 0 Å². The van der Waals surface area contributed by atoms with E-state index in [4.69, 9.17) is 40.7 Å². The van der Waals surface area contributed by atoms with Gasteiger partial charge in [-0.2, -0.15) is 0 Å². The number of hydrogen-bond donors (Lipinski definition) is 3. The van der Waals surface area contributed by atoms with Gasteiger partial charge in [0.05, 0.1) is 4.52 Å². The van der Waals surface area contributed by atoms with Crippen molar-refractivity contribution in [2.75, 3.05) is 0 Å². The summed E-state index contributed by atoms with van der Waals surface area (Å²) in [5.41, 5.74) is 8.21. The highest BCUT2D eigenvalue weighted by Crippen LogP contribution is 2.80. The number of hydrogen-bond acceptors (Lipinski definition) is 12. The molecule has 9 rings (SSSR count). The van der Waals surface area contributed by atoms with Gasteiger partial charge in [0.1, 0.15) is 21.2 Å². The van der Waals surface area contributed by atoms with Crippen molar-refractivity contribution in [1.29, 1.82) is 0 Å². The molecule has 0 aromatic heterocycles. The van der Waals surface area contributed by atoms with Gasteiger partial charge >= 0.3 is 31.7 Å². The minimum atomic E-state index is -4.24. The van der Waals surface area contributed by atoms with Gasteiger partial charge < -0.3 is 9.05 Å². The smallest absolute Gasteiger partial charge is 0.415 e. The van der Waals surface area contributed by atoms with Crippen LogP contribution in [0.25, 0.3) is 0 Å². The Balaban J connectivity index is 1.42. The Bertz CT molecular complexity index is 2940. The largest absolute Gasteiger partial charge is 0.617 e. The highest BCUT2D eigenvalue weighted by molar-refractivity contribution is 7.90. The summed E-state index contributed by atoms with van der Waals surface area (Å²) < 4.78 is 64.6. The fourth-order valence-corrected chi connectivity index (χ4v) is 20.6. The predicted octanol–water partition coefficient (Wildman–Crippen LogP) is 16.8. The molecule has 72 heavy (non-hydrogen) atoms. The first-order chi connectivity index (χ1) is 34.6. The summed E-state index contributed by atoms with van der Waals surface area (Å²) in [6.45, 7) is 16.1. The number of nitrogens with zero attached hydrogens (tertiary/aromatic N) is 1. The molecule has 0 spiro atoms. The molecule has 3 N–H and O–H groups in total. The molecule has 8 aromatic carbocycles. The summed E-state index contributed by atoms with van der Waals surface area (Å²) in [7, 11) is -16.8. The van der Waals surface area contributed by atoms with Gasteiger partial charge in [-0.15, -0.1) is 0 Å². The molecule has 1 heterocycles. The summed E-state index contributed by atoms with van der Waals surface area (Å²) in [5.74, 6) is 3.50. The minimum Gasteiger partial charge on any atom is -0.415 e. The summed E-state index contributed by atoms with van der Waals surface area (Å²) in [6.07, 6.45) is 0. The van der Waals surface area contributed by atoms with Gasteiger partial charge in [-0.1, -0.05) is 142 Å². The molecule has 368 valence electrons. The minimum absolute atomic E-state index is 0.429. The SMILES string of the molecule is Cc1ccc(OP2(Oc3ccc(C)cc3)=N[P+](Oc3ccc(C)cc3)(Oc3ccc(C)cc3)N[P+](Oc3ccc(C)cc3)(Oc3ccc(C)cc3)N[P+](Oc3ccc(C)cc3)(Oc3ccc(C)cc3)N2)cc1. The van der Waals surface area contributed by atoms with Gasteiger partial charge in [-0.3, -0.25) is 27.1 Å². The summed E-state index contributed by atoms with van der Waals surface area (Å²) in [5, 5.41) is 0. The Labute approximate surface area is 425 Å².